The quantitative estimate of drug-likeness (QED) is 0.608. The van der Waals surface area contributed by atoms with Crippen molar-refractivity contribution in [3.8, 4) is 0 Å². The Balaban J connectivity index is 1.63. The van der Waals surface area contributed by atoms with Crippen molar-refractivity contribution in [3.05, 3.63) is 24.3 Å². The average molecular weight is 288 g/mol. The molecule has 1 N–H and O–H groups in total. The molecule has 0 bridgehead atoms. The minimum absolute atomic E-state index is 1.11. The first-order valence-electron chi connectivity index (χ1n) is 8.99. The van der Waals surface area contributed by atoms with Crippen LogP contribution < -0.4 is 10.2 Å². The highest BCUT2D eigenvalue weighted by Gasteiger charge is 2.10. The lowest BCUT2D eigenvalue weighted by molar-refractivity contribution is 0.578. The first-order valence-corrected chi connectivity index (χ1v) is 8.99. The molecule has 1 aliphatic rings. The Morgan fingerprint density at radius 1 is 0.857 bits per heavy atom. The summed E-state index contributed by atoms with van der Waals surface area (Å²) in [4.78, 5) is 2.51. The van der Waals surface area contributed by atoms with E-state index in [1.54, 1.807) is 0 Å². The van der Waals surface area contributed by atoms with Crippen LogP contribution in [0.5, 0.6) is 0 Å². The fraction of sp³-hybridized carbons (Fsp3) is 0.684. The van der Waals surface area contributed by atoms with Crippen LogP contribution in [0.15, 0.2) is 24.3 Å². The van der Waals surface area contributed by atoms with Crippen LogP contribution in [0, 0.1) is 0 Å². The predicted molar refractivity (Wildman–Crippen MR) is 94.4 cm³/mol. The molecule has 1 heterocycles. The highest BCUT2D eigenvalue weighted by Crippen LogP contribution is 2.21. The van der Waals surface area contributed by atoms with Crippen molar-refractivity contribution in [2.45, 2.75) is 64.7 Å². The van der Waals surface area contributed by atoms with Gasteiger partial charge in [0.25, 0.3) is 0 Å². The Bertz CT molecular complexity index is 366. The Morgan fingerprint density at radius 2 is 1.52 bits per heavy atom. The second kappa shape index (κ2) is 9.70. The number of nitrogens with one attached hydrogen (secondary N) is 1. The van der Waals surface area contributed by atoms with E-state index < -0.39 is 0 Å². The molecule has 0 unspecified atom stereocenters. The molecule has 1 aromatic carbocycles. The molecule has 0 spiro atoms. The van der Waals surface area contributed by atoms with E-state index in [1.165, 1.54) is 82.3 Å². The number of benzene rings is 1. The van der Waals surface area contributed by atoms with Crippen molar-refractivity contribution in [2.24, 2.45) is 0 Å². The van der Waals surface area contributed by atoms with Gasteiger partial charge in [-0.25, -0.2) is 0 Å². The van der Waals surface area contributed by atoms with Gasteiger partial charge in [-0.05, 0) is 49.9 Å². The number of hydrogen-bond donors (Lipinski definition) is 1. The maximum absolute atomic E-state index is 3.55. The number of unbranched alkanes of at least 4 members (excludes halogenated alkanes) is 5. The molecule has 0 aliphatic carbocycles. The van der Waals surface area contributed by atoms with E-state index in [9.17, 15) is 0 Å². The summed E-state index contributed by atoms with van der Waals surface area (Å²) in [5.74, 6) is 0. The third-order valence-electron chi connectivity index (χ3n) is 4.45. The molecule has 2 heteroatoms. The lowest BCUT2D eigenvalue weighted by Gasteiger charge is -2.28. The van der Waals surface area contributed by atoms with E-state index in [4.69, 9.17) is 0 Å². The van der Waals surface area contributed by atoms with E-state index in [1.807, 2.05) is 0 Å². The zero-order chi connectivity index (χ0) is 14.8. The SMILES string of the molecule is CCCCCCCCNc1ccc(N2CCCCC2)cc1. The second-order valence-electron chi connectivity index (χ2n) is 6.29. The minimum Gasteiger partial charge on any atom is -0.385 e. The van der Waals surface area contributed by atoms with Gasteiger partial charge in [-0.1, -0.05) is 39.0 Å². The second-order valence-corrected chi connectivity index (χ2v) is 6.29. The summed E-state index contributed by atoms with van der Waals surface area (Å²) in [7, 11) is 0. The van der Waals surface area contributed by atoms with Crippen LogP contribution in [0.4, 0.5) is 11.4 Å². The Kier molecular flexibility index (Phi) is 7.48. The molecule has 0 amide bonds. The van der Waals surface area contributed by atoms with Gasteiger partial charge in [0.15, 0.2) is 0 Å². The van der Waals surface area contributed by atoms with E-state index >= 15 is 0 Å². The number of hydrogen-bond acceptors (Lipinski definition) is 2. The van der Waals surface area contributed by atoms with Gasteiger partial charge in [0.1, 0.15) is 0 Å². The van der Waals surface area contributed by atoms with Gasteiger partial charge in [-0.2, -0.15) is 0 Å². The van der Waals surface area contributed by atoms with Gasteiger partial charge in [-0.15, -0.1) is 0 Å². The molecular formula is C19H32N2. The molecule has 1 fully saturated rings. The molecule has 2 rings (SSSR count). The summed E-state index contributed by atoms with van der Waals surface area (Å²) in [5, 5.41) is 3.55. The summed E-state index contributed by atoms with van der Waals surface area (Å²) in [6.07, 6.45) is 12.3. The van der Waals surface area contributed by atoms with Crippen LogP contribution in [0.3, 0.4) is 0 Å². The third-order valence-corrected chi connectivity index (χ3v) is 4.45. The van der Waals surface area contributed by atoms with Gasteiger partial charge in [0, 0.05) is 31.0 Å². The lowest BCUT2D eigenvalue weighted by atomic mass is 10.1. The summed E-state index contributed by atoms with van der Waals surface area (Å²) < 4.78 is 0. The maximum atomic E-state index is 3.55. The fourth-order valence-electron chi connectivity index (χ4n) is 3.08. The molecule has 118 valence electrons. The first kappa shape index (κ1) is 16.2. The standard InChI is InChI=1S/C19H32N2/c1-2-3-4-5-6-8-15-20-18-11-13-19(14-12-18)21-16-9-7-10-17-21/h11-14,20H,2-10,15-17H2,1H3. The average Bonchev–Trinajstić information content (AvgIpc) is 2.55. The minimum atomic E-state index is 1.11. The Labute approximate surface area is 130 Å². The van der Waals surface area contributed by atoms with Crippen LogP contribution in [-0.2, 0) is 0 Å². The highest BCUT2D eigenvalue weighted by molar-refractivity contribution is 5.55. The number of anilines is 2. The van der Waals surface area contributed by atoms with Crippen molar-refractivity contribution in [1.82, 2.24) is 0 Å². The largest absolute Gasteiger partial charge is 0.385 e. The van der Waals surface area contributed by atoms with Crippen LogP contribution >= 0.6 is 0 Å². The molecule has 21 heavy (non-hydrogen) atoms. The van der Waals surface area contributed by atoms with E-state index in [2.05, 4.69) is 41.4 Å². The summed E-state index contributed by atoms with van der Waals surface area (Å²) in [6.45, 7) is 5.83. The van der Waals surface area contributed by atoms with Gasteiger partial charge in [-0.3, -0.25) is 0 Å². The number of piperidine rings is 1. The maximum Gasteiger partial charge on any atom is 0.0367 e. The number of rotatable bonds is 9. The van der Waals surface area contributed by atoms with Gasteiger partial charge in [0.2, 0.25) is 0 Å². The van der Waals surface area contributed by atoms with Crippen LogP contribution in [0.25, 0.3) is 0 Å². The van der Waals surface area contributed by atoms with Gasteiger partial charge >= 0.3 is 0 Å². The molecule has 2 nitrogen and oxygen atoms in total. The third kappa shape index (κ3) is 5.99. The van der Waals surface area contributed by atoms with Crippen LogP contribution in [0.1, 0.15) is 64.7 Å². The number of nitrogens with zero attached hydrogens (tertiary/aromatic N) is 1. The summed E-state index contributed by atoms with van der Waals surface area (Å²) in [5.41, 5.74) is 2.66. The lowest BCUT2D eigenvalue weighted by Crippen LogP contribution is -2.29. The van der Waals surface area contributed by atoms with Crippen molar-refractivity contribution in [3.63, 3.8) is 0 Å². The van der Waals surface area contributed by atoms with Gasteiger partial charge < -0.3 is 10.2 Å². The Morgan fingerprint density at radius 3 is 2.24 bits per heavy atom. The molecule has 1 aliphatic heterocycles. The fourth-order valence-corrected chi connectivity index (χ4v) is 3.08. The normalized spacial score (nSPS) is 15.2. The van der Waals surface area contributed by atoms with Crippen molar-refractivity contribution < 1.29 is 0 Å². The topological polar surface area (TPSA) is 15.3 Å². The molecule has 0 aromatic heterocycles. The monoisotopic (exact) mass is 288 g/mol. The van der Waals surface area contributed by atoms with Crippen LogP contribution in [-0.4, -0.2) is 19.6 Å². The van der Waals surface area contributed by atoms with E-state index in [0.717, 1.165) is 6.54 Å². The molecule has 0 saturated carbocycles. The molecular weight excluding hydrogens is 256 g/mol. The van der Waals surface area contributed by atoms with E-state index in [-0.39, 0.29) is 0 Å². The summed E-state index contributed by atoms with van der Waals surface area (Å²) in [6, 6.07) is 9.02. The molecule has 1 saturated heterocycles. The highest BCUT2D eigenvalue weighted by atomic mass is 15.1. The smallest absolute Gasteiger partial charge is 0.0367 e. The predicted octanol–water partition coefficient (Wildman–Crippen LogP) is 5.45. The zero-order valence-electron chi connectivity index (χ0n) is 13.7. The van der Waals surface area contributed by atoms with E-state index in [0.29, 0.717) is 0 Å². The van der Waals surface area contributed by atoms with Crippen molar-refractivity contribution >= 4 is 11.4 Å². The van der Waals surface area contributed by atoms with Crippen molar-refractivity contribution in [2.75, 3.05) is 29.9 Å². The Hall–Kier alpha value is -1.18. The van der Waals surface area contributed by atoms with Gasteiger partial charge in [0.05, 0.1) is 0 Å². The van der Waals surface area contributed by atoms with Crippen molar-refractivity contribution in [1.29, 1.82) is 0 Å². The zero-order valence-corrected chi connectivity index (χ0v) is 13.7. The summed E-state index contributed by atoms with van der Waals surface area (Å²) >= 11 is 0. The first-order chi connectivity index (χ1) is 10.4. The van der Waals surface area contributed by atoms with Crippen LogP contribution in [0.2, 0.25) is 0 Å². The molecule has 0 atom stereocenters. The molecule has 0 radical (unpaired) electrons. The molecule has 1 aromatic rings.